The first-order chi connectivity index (χ1) is 11.0. The third kappa shape index (κ3) is 5.05. The van der Waals surface area contributed by atoms with Crippen molar-refractivity contribution in [1.29, 1.82) is 5.26 Å². The van der Waals surface area contributed by atoms with E-state index in [1.165, 1.54) is 12.1 Å². The van der Waals surface area contributed by atoms with Crippen molar-refractivity contribution >= 4 is 17.5 Å². The number of alkyl halides is 2. The molecule has 1 aromatic carbocycles. The second-order valence-electron chi connectivity index (χ2n) is 5.12. The predicted octanol–water partition coefficient (Wildman–Crippen LogP) is 2.50. The molecule has 23 heavy (non-hydrogen) atoms. The lowest BCUT2D eigenvalue weighted by Crippen LogP contribution is -2.48. The maximum Gasteiger partial charge on any atom is 0.387 e. The van der Waals surface area contributed by atoms with Crippen molar-refractivity contribution in [3.63, 3.8) is 0 Å². The molecule has 1 aliphatic heterocycles. The van der Waals surface area contributed by atoms with E-state index < -0.39 is 6.61 Å². The van der Waals surface area contributed by atoms with Crippen molar-refractivity contribution < 1.29 is 18.3 Å². The van der Waals surface area contributed by atoms with Crippen LogP contribution in [0.15, 0.2) is 18.2 Å². The summed E-state index contributed by atoms with van der Waals surface area (Å²) >= 11 is 5.93. The number of carbonyl (C=O) groups is 1. The molecule has 2 rings (SSSR count). The zero-order valence-corrected chi connectivity index (χ0v) is 13.1. The Balaban J connectivity index is 1.97. The van der Waals surface area contributed by atoms with Crippen LogP contribution in [0.1, 0.15) is 12.0 Å². The number of ether oxygens (including phenoxy) is 1. The zero-order valence-electron chi connectivity index (χ0n) is 12.3. The number of rotatable bonds is 5. The van der Waals surface area contributed by atoms with Gasteiger partial charge in [-0.15, -0.1) is 0 Å². The maximum absolute atomic E-state index is 12.5. The second kappa shape index (κ2) is 8.09. The van der Waals surface area contributed by atoms with E-state index in [-0.39, 0.29) is 18.1 Å². The lowest BCUT2D eigenvalue weighted by Gasteiger charge is -2.34. The van der Waals surface area contributed by atoms with Gasteiger partial charge in [-0.2, -0.15) is 14.0 Å². The van der Waals surface area contributed by atoms with Gasteiger partial charge in [-0.1, -0.05) is 11.6 Å². The van der Waals surface area contributed by atoms with Crippen molar-refractivity contribution in [3.8, 4) is 11.8 Å². The van der Waals surface area contributed by atoms with E-state index in [2.05, 4.69) is 4.74 Å². The van der Waals surface area contributed by atoms with Crippen LogP contribution in [-0.2, 0) is 11.3 Å². The van der Waals surface area contributed by atoms with Gasteiger partial charge in [-0.05, 0) is 18.2 Å². The minimum Gasteiger partial charge on any atom is -0.434 e. The molecule has 0 bridgehead atoms. The van der Waals surface area contributed by atoms with Gasteiger partial charge in [0.2, 0.25) is 5.91 Å². The van der Waals surface area contributed by atoms with E-state index in [0.29, 0.717) is 43.3 Å². The number of nitrogens with zero attached hydrogens (tertiary/aromatic N) is 3. The van der Waals surface area contributed by atoms with Gasteiger partial charge in [0.05, 0.1) is 6.07 Å². The van der Waals surface area contributed by atoms with Crippen molar-refractivity contribution in [1.82, 2.24) is 9.80 Å². The van der Waals surface area contributed by atoms with Crippen LogP contribution in [0.3, 0.4) is 0 Å². The zero-order chi connectivity index (χ0) is 16.8. The molecule has 1 saturated heterocycles. The number of hydrogen-bond donors (Lipinski definition) is 0. The summed E-state index contributed by atoms with van der Waals surface area (Å²) in [4.78, 5) is 15.3. The average Bonchev–Trinajstić information content (AvgIpc) is 2.50. The number of hydrogen-bond acceptors (Lipinski definition) is 4. The fourth-order valence-corrected chi connectivity index (χ4v) is 2.65. The minimum absolute atomic E-state index is 0.104. The standard InChI is InChI=1S/C15H16ClF2N3O2/c16-12-1-2-13(23-15(17)18)11(9-12)10-20-5-7-21(8-6-20)14(22)3-4-19/h1-2,9,15H,3,5-8,10H2. The summed E-state index contributed by atoms with van der Waals surface area (Å²) in [5, 5.41) is 9.00. The Bertz CT molecular complexity index is 599. The van der Waals surface area contributed by atoms with Crippen molar-refractivity contribution in [2.24, 2.45) is 0 Å². The van der Waals surface area contributed by atoms with Crippen LogP contribution >= 0.6 is 11.6 Å². The quantitative estimate of drug-likeness (QED) is 0.824. The van der Waals surface area contributed by atoms with Crippen LogP contribution in [0.25, 0.3) is 0 Å². The number of piperazine rings is 1. The van der Waals surface area contributed by atoms with Crippen LogP contribution in [-0.4, -0.2) is 48.5 Å². The largest absolute Gasteiger partial charge is 0.434 e. The molecule has 8 heteroatoms. The summed E-state index contributed by atoms with van der Waals surface area (Å²) in [7, 11) is 0. The number of halogens is 3. The molecule has 1 amide bonds. The first kappa shape index (κ1) is 17.4. The topological polar surface area (TPSA) is 56.6 Å². The lowest BCUT2D eigenvalue weighted by atomic mass is 10.1. The summed E-state index contributed by atoms with van der Waals surface area (Å²) in [5.41, 5.74) is 0.578. The fourth-order valence-electron chi connectivity index (χ4n) is 2.46. The average molecular weight is 344 g/mol. The van der Waals surface area contributed by atoms with Crippen LogP contribution in [0, 0.1) is 11.3 Å². The van der Waals surface area contributed by atoms with E-state index >= 15 is 0 Å². The predicted molar refractivity (Wildman–Crippen MR) is 80.2 cm³/mol. The number of carbonyl (C=O) groups excluding carboxylic acids is 1. The molecule has 5 nitrogen and oxygen atoms in total. The van der Waals surface area contributed by atoms with Crippen LogP contribution in [0.2, 0.25) is 5.02 Å². The molecule has 1 aliphatic rings. The number of amides is 1. The van der Waals surface area contributed by atoms with Crippen molar-refractivity contribution in [3.05, 3.63) is 28.8 Å². The molecule has 0 saturated carbocycles. The van der Waals surface area contributed by atoms with Gasteiger partial charge < -0.3 is 9.64 Å². The Labute approximate surface area is 138 Å². The van der Waals surface area contributed by atoms with Gasteiger partial charge in [-0.25, -0.2) is 0 Å². The summed E-state index contributed by atoms with van der Waals surface area (Å²) in [6.45, 7) is -0.285. The Morgan fingerprint density at radius 2 is 2.04 bits per heavy atom. The third-order valence-electron chi connectivity index (χ3n) is 3.59. The molecule has 0 atom stereocenters. The molecule has 0 aromatic heterocycles. The maximum atomic E-state index is 12.5. The molecular weight excluding hydrogens is 328 g/mol. The molecule has 0 spiro atoms. The van der Waals surface area contributed by atoms with Crippen molar-refractivity contribution in [2.45, 2.75) is 19.6 Å². The highest BCUT2D eigenvalue weighted by Gasteiger charge is 2.22. The summed E-state index contributed by atoms with van der Waals surface area (Å²) in [6.07, 6.45) is -0.124. The highest BCUT2D eigenvalue weighted by Crippen LogP contribution is 2.26. The Kier molecular flexibility index (Phi) is 6.13. The second-order valence-corrected chi connectivity index (χ2v) is 5.56. The Hall–Kier alpha value is -1.91. The highest BCUT2D eigenvalue weighted by molar-refractivity contribution is 6.30. The smallest absolute Gasteiger partial charge is 0.387 e. The van der Waals surface area contributed by atoms with Crippen molar-refractivity contribution in [2.75, 3.05) is 26.2 Å². The molecule has 1 heterocycles. The first-order valence-electron chi connectivity index (χ1n) is 7.10. The SMILES string of the molecule is N#CCC(=O)N1CCN(Cc2cc(Cl)ccc2OC(F)F)CC1. The molecule has 124 valence electrons. The van der Waals surface area contributed by atoms with Gasteiger partial charge in [-0.3, -0.25) is 9.69 Å². The highest BCUT2D eigenvalue weighted by atomic mass is 35.5. The van der Waals surface area contributed by atoms with E-state index in [4.69, 9.17) is 16.9 Å². The molecular formula is C15H16ClF2N3O2. The molecule has 0 N–H and O–H groups in total. The van der Waals surface area contributed by atoms with Gasteiger partial charge in [0.1, 0.15) is 12.2 Å². The van der Waals surface area contributed by atoms with Crippen LogP contribution in [0.4, 0.5) is 8.78 Å². The molecule has 1 aromatic rings. The number of benzene rings is 1. The summed E-state index contributed by atoms with van der Waals surface area (Å²) < 4.78 is 29.4. The normalized spacial score (nSPS) is 15.5. The molecule has 0 unspecified atom stereocenters. The summed E-state index contributed by atoms with van der Waals surface area (Å²) in [5.74, 6) is -0.0796. The Morgan fingerprint density at radius 3 is 2.65 bits per heavy atom. The van der Waals surface area contributed by atoms with Gasteiger partial charge in [0.15, 0.2) is 0 Å². The Morgan fingerprint density at radius 1 is 1.35 bits per heavy atom. The van der Waals surface area contributed by atoms with Crippen LogP contribution < -0.4 is 4.74 Å². The fraction of sp³-hybridized carbons (Fsp3) is 0.467. The monoisotopic (exact) mass is 343 g/mol. The third-order valence-corrected chi connectivity index (χ3v) is 3.82. The number of nitriles is 1. The van der Waals surface area contributed by atoms with Gasteiger partial charge in [0, 0.05) is 43.3 Å². The van der Waals surface area contributed by atoms with E-state index in [9.17, 15) is 13.6 Å². The van der Waals surface area contributed by atoms with E-state index in [1.54, 1.807) is 11.0 Å². The van der Waals surface area contributed by atoms with Gasteiger partial charge >= 0.3 is 6.61 Å². The molecule has 1 fully saturated rings. The van der Waals surface area contributed by atoms with Gasteiger partial charge in [0.25, 0.3) is 0 Å². The molecule has 0 radical (unpaired) electrons. The molecule has 0 aliphatic carbocycles. The summed E-state index contributed by atoms with van der Waals surface area (Å²) in [6, 6.07) is 6.37. The van der Waals surface area contributed by atoms with Crippen LogP contribution in [0.5, 0.6) is 5.75 Å². The lowest BCUT2D eigenvalue weighted by molar-refractivity contribution is -0.131. The van der Waals surface area contributed by atoms with E-state index in [1.807, 2.05) is 11.0 Å². The minimum atomic E-state index is -2.89. The van der Waals surface area contributed by atoms with E-state index in [0.717, 1.165) is 0 Å². The first-order valence-corrected chi connectivity index (χ1v) is 7.47.